The molecule has 0 aromatic heterocycles. The van der Waals surface area contributed by atoms with Gasteiger partial charge in [-0.15, -0.1) is 0 Å². The van der Waals surface area contributed by atoms with Crippen molar-refractivity contribution < 1.29 is 14.7 Å². The van der Waals surface area contributed by atoms with Crippen LogP contribution in [0.4, 0.5) is 0 Å². The summed E-state index contributed by atoms with van der Waals surface area (Å²) in [4.78, 5) is 0. The van der Waals surface area contributed by atoms with Crippen molar-refractivity contribution in [2.75, 3.05) is 13.2 Å². The van der Waals surface area contributed by atoms with Gasteiger partial charge in [-0.2, -0.15) is 0 Å². The van der Waals surface area contributed by atoms with Gasteiger partial charge in [0, 0.05) is 19.6 Å². The van der Waals surface area contributed by atoms with Crippen LogP contribution in [0.3, 0.4) is 0 Å². The Morgan fingerprint density at radius 1 is 1.00 bits per heavy atom. The molecule has 1 N–H and O–H groups in total. The van der Waals surface area contributed by atoms with Crippen molar-refractivity contribution >= 4 is 5.71 Å². The number of ether oxygens (including phenoxy) is 2. The first kappa shape index (κ1) is 15.4. The monoisotopic (exact) mass is 257 g/mol. The lowest BCUT2D eigenvalue weighted by atomic mass is 9.94. The molecule has 1 rings (SSSR count). The van der Waals surface area contributed by atoms with E-state index in [9.17, 15) is 5.21 Å². The van der Waals surface area contributed by atoms with Crippen LogP contribution in [-0.4, -0.2) is 29.9 Å². The van der Waals surface area contributed by atoms with E-state index in [2.05, 4.69) is 5.16 Å². The number of nitrogens with zero attached hydrogens (tertiary/aromatic N) is 1. The Bertz CT molecular complexity index is 247. The van der Waals surface area contributed by atoms with Crippen molar-refractivity contribution in [2.24, 2.45) is 5.16 Å². The fourth-order valence-electron chi connectivity index (χ4n) is 2.64. The highest BCUT2D eigenvalue weighted by Gasteiger charge is 2.37. The second-order valence-corrected chi connectivity index (χ2v) is 4.79. The summed E-state index contributed by atoms with van der Waals surface area (Å²) in [6.07, 6.45) is 8.58. The Labute approximate surface area is 110 Å². The molecule has 0 bridgehead atoms. The Hall–Kier alpha value is -0.610. The molecule has 1 fully saturated rings. The molecule has 0 aliphatic heterocycles. The summed E-state index contributed by atoms with van der Waals surface area (Å²) in [5.41, 5.74) is 0.660. The van der Waals surface area contributed by atoms with Crippen molar-refractivity contribution in [2.45, 2.75) is 71.0 Å². The first-order valence-corrected chi connectivity index (χ1v) is 7.28. The molecule has 0 atom stereocenters. The van der Waals surface area contributed by atoms with Crippen LogP contribution in [0.1, 0.15) is 65.2 Å². The molecule has 0 aromatic carbocycles. The van der Waals surface area contributed by atoms with Gasteiger partial charge in [0.05, 0.1) is 0 Å². The van der Waals surface area contributed by atoms with Crippen molar-refractivity contribution in [3.05, 3.63) is 0 Å². The largest absolute Gasteiger partial charge is 0.411 e. The van der Waals surface area contributed by atoms with E-state index in [4.69, 9.17) is 9.47 Å². The zero-order valence-electron chi connectivity index (χ0n) is 11.8. The summed E-state index contributed by atoms with van der Waals surface area (Å²) in [6, 6.07) is 0. The van der Waals surface area contributed by atoms with E-state index in [1.165, 1.54) is 25.7 Å². The molecule has 0 heterocycles. The zero-order valence-corrected chi connectivity index (χ0v) is 11.8. The van der Waals surface area contributed by atoms with Crippen molar-refractivity contribution in [1.29, 1.82) is 0 Å². The van der Waals surface area contributed by atoms with E-state index in [1.807, 2.05) is 13.8 Å². The predicted octanol–water partition coefficient (Wildman–Crippen LogP) is 3.72. The average Bonchev–Trinajstić information content (AvgIpc) is 2.37. The molecule has 1 saturated carbocycles. The normalized spacial score (nSPS) is 24.0. The fraction of sp³-hybridized carbons (Fsp3) is 0.929. The van der Waals surface area contributed by atoms with E-state index in [-0.39, 0.29) is 0 Å². The molecular formula is C14H27NO3. The van der Waals surface area contributed by atoms with Crippen LogP contribution in [0.5, 0.6) is 0 Å². The Morgan fingerprint density at radius 3 is 2.11 bits per heavy atom. The van der Waals surface area contributed by atoms with Gasteiger partial charge >= 0.3 is 0 Å². The molecule has 1 aliphatic rings. The van der Waals surface area contributed by atoms with Crippen LogP contribution >= 0.6 is 0 Å². The topological polar surface area (TPSA) is 51.0 Å². The highest BCUT2D eigenvalue weighted by atomic mass is 16.7. The minimum atomic E-state index is -0.796. The van der Waals surface area contributed by atoms with Crippen LogP contribution in [0.2, 0.25) is 0 Å². The SMILES string of the molecule is CCOC1(OCC)CCCCCCCC/C1=N\O. The molecule has 4 heteroatoms. The molecule has 0 amide bonds. The van der Waals surface area contributed by atoms with E-state index < -0.39 is 5.79 Å². The lowest BCUT2D eigenvalue weighted by molar-refractivity contribution is -0.190. The van der Waals surface area contributed by atoms with E-state index in [0.717, 1.165) is 25.7 Å². The lowest BCUT2D eigenvalue weighted by Gasteiger charge is -2.34. The Balaban J connectivity index is 2.85. The molecule has 1 aliphatic carbocycles. The molecule has 0 spiro atoms. The van der Waals surface area contributed by atoms with Gasteiger partial charge in [0.1, 0.15) is 5.71 Å². The summed E-state index contributed by atoms with van der Waals surface area (Å²) in [5, 5.41) is 12.8. The first-order valence-electron chi connectivity index (χ1n) is 7.28. The summed E-state index contributed by atoms with van der Waals surface area (Å²) in [6.45, 7) is 5.04. The summed E-state index contributed by atoms with van der Waals surface area (Å²) in [7, 11) is 0. The molecular weight excluding hydrogens is 230 g/mol. The second kappa shape index (κ2) is 8.48. The third-order valence-electron chi connectivity index (χ3n) is 3.48. The Morgan fingerprint density at radius 2 is 1.56 bits per heavy atom. The van der Waals surface area contributed by atoms with Gasteiger partial charge in [-0.05, 0) is 33.1 Å². The maximum Gasteiger partial charge on any atom is 0.211 e. The fourth-order valence-corrected chi connectivity index (χ4v) is 2.64. The summed E-state index contributed by atoms with van der Waals surface area (Å²) < 4.78 is 11.7. The van der Waals surface area contributed by atoms with Crippen LogP contribution in [0.15, 0.2) is 5.16 Å². The molecule has 0 radical (unpaired) electrons. The van der Waals surface area contributed by atoms with Gasteiger partial charge in [0.25, 0.3) is 0 Å². The standard InChI is InChI=1S/C14H27NO3/c1-3-17-14(18-4-2)12-10-8-6-5-7-9-11-13(14)15-16/h16H,3-12H2,1-2H3/b15-13+. The second-order valence-electron chi connectivity index (χ2n) is 4.79. The van der Waals surface area contributed by atoms with Gasteiger partial charge in [-0.1, -0.05) is 30.8 Å². The predicted molar refractivity (Wildman–Crippen MR) is 72.1 cm³/mol. The quantitative estimate of drug-likeness (QED) is 0.474. The zero-order chi connectivity index (χ0) is 13.3. The maximum atomic E-state index is 9.29. The van der Waals surface area contributed by atoms with Gasteiger partial charge in [-0.25, -0.2) is 0 Å². The lowest BCUT2D eigenvalue weighted by Crippen LogP contribution is -2.45. The third kappa shape index (κ3) is 4.25. The van der Waals surface area contributed by atoms with Crippen LogP contribution < -0.4 is 0 Å². The summed E-state index contributed by atoms with van der Waals surface area (Å²) >= 11 is 0. The summed E-state index contributed by atoms with van der Waals surface area (Å²) in [5.74, 6) is -0.796. The van der Waals surface area contributed by atoms with Crippen molar-refractivity contribution in [3.8, 4) is 0 Å². The molecule has 106 valence electrons. The number of hydrogen-bond acceptors (Lipinski definition) is 4. The smallest absolute Gasteiger partial charge is 0.211 e. The number of oxime groups is 1. The van der Waals surface area contributed by atoms with Crippen LogP contribution in [0.25, 0.3) is 0 Å². The van der Waals surface area contributed by atoms with E-state index in [0.29, 0.717) is 18.9 Å². The minimum Gasteiger partial charge on any atom is -0.411 e. The molecule has 0 saturated heterocycles. The van der Waals surface area contributed by atoms with Gasteiger partial charge in [0.2, 0.25) is 5.79 Å². The molecule has 0 aromatic rings. The number of rotatable bonds is 4. The van der Waals surface area contributed by atoms with Gasteiger partial charge in [-0.3, -0.25) is 0 Å². The van der Waals surface area contributed by atoms with E-state index in [1.54, 1.807) is 0 Å². The maximum absolute atomic E-state index is 9.29. The van der Waals surface area contributed by atoms with Crippen molar-refractivity contribution in [1.82, 2.24) is 0 Å². The van der Waals surface area contributed by atoms with Crippen LogP contribution in [0, 0.1) is 0 Å². The molecule has 4 nitrogen and oxygen atoms in total. The van der Waals surface area contributed by atoms with Gasteiger partial charge in [0.15, 0.2) is 0 Å². The molecule has 0 unspecified atom stereocenters. The Kier molecular flexibility index (Phi) is 7.28. The highest BCUT2D eigenvalue weighted by molar-refractivity contribution is 5.90. The van der Waals surface area contributed by atoms with Crippen LogP contribution in [-0.2, 0) is 9.47 Å². The van der Waals surface area contributed by atoms with E-state index >= 15 is 0 Å². The van der Waals surface area contributed by atoms with Gasteiger partial charge < -0.3 is 14.7 Å². The minimum absolute atomic E-state index is 0.568. The van der Waals surface area contributed by atoms with Crippen molar-refractivity contribution in [3.63, 3.8) is 0 Å². The molecule has 18 heavy (non-hydrogen) atoms. The number of hydrogen-bond donors (Lipinski definition) is 1. The average molecular weight is 257 g/mol. The first-order chi connectivity index (χ1) is 8.79. The highest BCUT2D eigenvalue weighted by Crippen LogP contribution is 2.28. The third-order valence-corrected chi connectivity index (χ3v) is 3.48.